The second-order valence-corrected chi connectivity index (χ2v) is 12.3. The van der Waals surface area contributed by atoms with Crippen LogP contribution in [0.4, 0.5) is 5.69 Å². The lowest BCUT2D eigenvalue weighted by atomic mass is 9.88. The van der Waals surface area contributed by atoms with Crippen LogP contribution in [0.2, 0.25) is 10.0 Å². The van der Waals surface area contributed by atoms with E-state index in [1.54, 1.807) is 11.0 Å². The Bertz CT molecular complexity index is 1190. The van der Waals surface area contributed by atoms with Gasteiger partial charge >= 0.3 is 0 Å². The Morgan fingerprint density at radius 3 is 2.60 bits per heavy atom. The minimum absolute atomic E-state index is 0.00848. The molecule has 7 nitrogen and oxygen atoms in total. The van der Waals surface area contributed by atoms with Crippen molar-refractivity contribution in [3.8, 4) is 5.75 Å². The third kappa shape index (κ3) is 7.90. The van der Waals surface area contributed by atoms with Crippen molar-refractivity contribution in [2.75, 3.05) is 32.1 Å². The minimum Gasteiger partial charge on any atom is -0.488 e. The maximum Gasteiger partial charge on any atom is 0.227 e. The SMILES string of the molecule is C[C@H](CO)N1C[C@H](C)[C@H](CN(C)Cc2ccc(Cl)c(Cl)c2)Oc2ccc(NC(=O)C3CCCCC3)cc2CC1=O. The first-order valence-electron chi connectivity index (χ1n) is 14.3. The predicted octanol–water partition coefficient (Wildman–Crippen LogP) is 5.79. The number of hydrogen-bond acceptors (Lipinski definition) is 5. The number of nitrogens with zero attached hydrogens (tertiary/aromatic N) is 2. The quantitative estimate of drug-likeness (QED) is 0.407. The summed E-state index contributed by atoms with van der Waals surface area (Å²) in [6.07, 6.45) is 5.10. The number of benzene rings is 2. The number of ether oxygens (including phenoxy) is 1. The van der Waals surface area contributed by atoms with Crippen LogP contribution in [0.3, 0.4) is 0 Å². The third-order valence-corrected chi connectivity index (χ3v) is 8.83. The number of halogens is 2. The molecule has 1 aliphatic carbocycles. The molecule has 0 saturated heterocycles. The number of nitrogens with one attached hydrogen (secondary N) is 1. The van der Waals surface area contributed by atoms with Crippen LogP contribution in [-0.4, -0.2) is 65.6 Å². The molecule has 2 amide bonds. The lowest BCUT2D eigenvalue weighted by Gasteiger charge is -2.34. The van der Waals surface area contributed by atoms with Crippen LogP contribution in [-0.2, 0) is 22.6 Å². The van der Waals surface area contributed by atoms with Crippen LogP contribution in [0.15, 0.2) is 36.4 Å². The lowest BCUT2D eigenvalue weighted by Crippen LogP contribution is -2.47. The maximum absolute atomic E-state index is 13.5. The van der Waals surface area contributed by atoms with Crippen molar-refractivity contribution in [1.29, 1.82) is 0 Å². The monoisotopic (exact) mass is 589 g/mol. The van der Waals surface area contributed by atoms with Crippen molar-refractivity contribution in [2.45, 2.75) is 71.1 Å². The lowest BCUT2D eigenvalue weighted by molar-refractivity contribution is -0.134. The summed E-state index contributed by atoms with van der Waals surface area (Å²) in [5, 5.41) is 14.0. The smallest absolute Gasteiger partial charge is 0.227 e. The van der Waals surface area contributed by atoms with E-state index in [4.69, 9.17) is 27.9 Å². The number of likely N-dealkylation sites (N-methyl/N-ethyl adjacent to an activating group) is 1. The number of fused-ring (bicyclic) bond motifs is 1. The van der Waals surface area contributed by atoms with Gasteiger partial charge in [-0.25, -0.2) is 0 Å². The molecule has 0 bridgehead atoms. The molecule has 0 unspecified atom stereocenters. The third-order valence-electron chi connectivity index (χ3n) is 8.09. The fourth-order valence-corrected chi connectivity index (χ4v) is 5.98. The predicted molar refractivity (Wildman–Crippen MR) is 160 cm³/mol. The fourth-order valence-electron chi connectivity index (χ4n) is 5.66. The average molecular weight is 591 g/mol. The zero-order valence-electron chi connectivity index (χ0n) is 23.7. The molecule has 0 aromatic heterocycles. The highest BCUT2D eigenvalue weighted by Crippen LogP contribution is 2.31. The fraction of sp³-hybridized carbons (Fsp3) is 0.548. The van der Waals surface area contributed by atoms with Crippen LogP contribution in [0.5, 0.6) is 5.75 Å². The summed E-state index contributed by atoms with van der Waals surface area (Å²) in [5.74, 6) is 0.641. The standard InChI is InChI=1S/C31H41Cl2N3O4/c1-20-16-36(21(2)19-37)30(38)15-24-14-25(34-31(39)23-7-5-4-6-8-23)10-12-28(24)40-29(20)18-35(3)17-22-9-11-26(32)27(33)13-22/h9-14,20-21,23,29,37H,4-8,15-19H2,1-3H3,(H,34,39)/t20-,21+,29-/m0/s1. The van der Waals surface area contributed by atoms with E-state index in [0.29, 0.717) is 41.1 Å². The van der Waals surface area contributed by atoms with Gasteiger partial charge in [-0.1, -0.05) is 55.5 Å². The molecule has 0 radical (unpaired) electrons. The maximum atomic E-state index is 13.5. The first-order valence-corrected chi connectivity index (χ1v) is 15.0. The second-order valence-electron chi connectivity index (χ2n) is 11.5. The van der Waals surface area contributed by atoms with E-state index in [0.717, 1.165) is 36.8 Å². The first kappa shape index (κ1) is 30.6. The van der Waals surface area contributed by atoms with Gasteiger partial charge in [0, 0.05) is 42.7 Å². The number of hydrogen-bond donors (Lipinski definition) is 2. The van der Waals surface area contributed by atoms with E-state index >= 15 is 0 Å². The van der Waals surface area contributed by atoms with Crippen molar-refractivity contribution in [3.63, 3.8) is 0 Å². The number of carbonyl (C=O) groups is 2. The van der Waals surface area contributed by atoms with Crippen LogP contribution in [0.1, 0.15) is 57.1 Å². The number of aliphatic hydroxyl groups is 1. The molecule has 2 N–H and O–H groups in total. The molecule has 3 atom stereocenters. The molecule has 2 aliphatic rings. The summed E-state index contributed by atoms with van der Waals surface area (Å²) in [4.78, 5) is 30.3. The Morgan fingerprint density at radius 1 is 1.15 bits per heavy atom. The molecule has 2 aromatic carbocycles. The van der Waals surface area contributed by atoms with E-state index < -0.39 is 0 Å². The van der Waals surface area contributed by atoms with Gasteiger partial charge < -0.3 is 20.1 Å². The summed E-state index contributed by atoms with van der Waals surface area (Å²) in [6.45, 7) is 5.54. The molecule has 4 rings (SSSR count). The number of rotatable bonds is 8. The summed E-state index contributed by atoms with van der Waals surface area (Å²) in [6, 6.07) is 10.9. The number of amides is 2. The van der Waals surface area contributed by atoms with Crippen molar-refractivity contribution >= 4 is 40.7 Å². The number of aliphatic hydroxyl groups excluding tert-OH is 1. The van der Waals surface area contributed by atoms with Gasteiger partial charge in [-0.15, -0.1) is 0 Å². The molecule has 40 heavy (non-hydrogen) atoms. The molecule has 1 fully saturated rings. The molecule has 1 saturated carbocycles. The normalized spacial score (nSPS) is 21.2. The molecule has 218 valence electrons. The second kappa shape index (κ2) is 14.0. The first-order chi connectivity index (χ1) is 19.1. The van der Waals surface area contributed by atoms with Gasteiger partial charge in [0.1, 0.15) is 11.9 Å². The highest BCUT2D eigenvalue weighted by Gasteiger charge is 2.31. The zero-order chi connectivity index (χ0) is 28.8. The van der Waals surface area contributed by atoms with Gasteiger partial charge in [0.15, 0.2) is 0 Å². The summed E-state index contributed by atoms with van der Waals surface area (Å²) in [5.41, 5.74) is 2.44. The van der Waals surface area contributed by atoms with E-state index in [1.807, 2.05) is 44.3 Å². The van der Waals surface area contributed by atoms with Crippen molar-refractivity contribution in [1.82, 2.24) is 9.80 Å². The summed E-state index contributed by atoms with van der Waals surface area (Å²) < 4.78 is 6.62. The molecular formula is C31H41Cl2N3O4. The van der Waals surface area contributed by atoms with E-state index in [-0.39, 0.29) is 48.8 Å². The Hall–Kier alpha value is -2.32. The van der Waals surface area contributed by atoms with E-state index in [1.165, 1.54) is 6.42 Å². The van der Waals surface area contributed by atoms with Crippen LogP contribution in [0.25, 0.3) is 0 Å². The van der Waals surface area contributed by atoms with Gasteiger partial charge in [0.2, 0.25) is 11.8 Å². The summed E-state index contributed by atoms with van der Waals surface area (Å²) in [7, 11) is 2.02. The van der Waals surface area contributed by atoms with Crippen molar-refractivity contribution in [2.24, 2.45) is 11.8 Å². The van der Waals surface area contributed by atoms with E-state index in [9.17, 15) is 14.7 Å². The largest absolute Gasteiger partial charge is 0.488 e. The van der Waals surface area contributed by atoms with Gasteiger partial charge in [-0.05, 0) is 62.7 Å². The Morgan fingerprint density at radius 2 is 1.90 bits per heavy atom. The van der Waals surface area contributed by atoms with Gasteiger partial charge in [0.25, 0.3) is 0 Å². The molecule has 0 spiro atoms. The molecular weight excluding hydrogens is 549 g/mol. The minimum atomic E-state index is -0.319. The van der Waals surface area contributed by atoms with Gasteiger partial charge in [-0.3, -0.25) is 14.5 Å². The average Bonchev–Trinajstić information content (AvgIpc) is 2.98. The topological polar surface area (TPSA) is 82.1 Å². The zero-order valence-corrected chi connectivity index (χ0v) is 25.2. The van der Waals surface area contributed by atoms with E-state index in [2.05, 4.69) is 17.1 Å². The summed E-state index contributed by atoms with van der Waals surface area (Å²) >= 11 is 12.3. The molecule has 2 aromatic rings. The van der Waals surface area contributed by atoms with Gasteiger partial charge in [0.05, 0.1) is 29.1 Å². The number of carbonyl (C=O) groups excluding carboxylic acids is 2. The molecule has 9 heteroatoms. The van der Waals surface area contributed by atoms with Gasteiger partial charge in [-0.2, -0.15) is 0 Å². The van der Waals surface area contributed by atoms with Crippen molar-refractivity contribution in [3.05, 3.63) is 57.6 Å². The Labute approximate surface area is 247 Å². The molecule has 1 heterocycles. The van der Waals surface area contributed by atoms with Crippen LogP contribution >= 0.6 is 23.2 Å². The van der Waals surface area contributed by atoms with Crippen LogP contribution in [0, 0.1) is 11.8 Å². The highest BCUT2D eigenvalue weighted by molar-refractivity contribution is 6.42. The Balaban J connectivity index is 1.56. The Kier molecular flexibility index (Phi) is 10.7. The molecule has 1 aliphatic heterocycles. The van der Waals surface area contributed by atoms with Crippen molar-refractivity contribution < 1.29 is 19.4 Å². The highest BCUT2D eigenvalue weighted by atomic mass is 35.5. The van der Waals surface area contributed by atoms with Crippen LogP contribution < -0.4 is 10.1 Å². The number of anilines is 1.